The normalized spacial score (nSPS) is 29.8. The van der Waals surface area contributed by atoms with Gasteiger partial charge in [-0.2, -0.15) is 0 Å². The van der Waals surface area contributed by atoms with Gasteiger partial charge in [-0.05, 0) is 76.3 Å². The molecule has 0 bridgehead atoms. The lowest BCUT2D eigenvalue weighted by Crippen LogP contribution is -2.49. The van der Waals surface area contributed by atoms with Crippen molar-refractivity contribution in [1.82, 2.24) is 4.90 Å². The first-order chi connectivity index (χ1) is 10.1. The summed E-state index contributed by atoms with van der Waals surface area (Å²) < 4.78 is 0. The number of likely N-dealkylation sites (tertiary alicyclic amines) is 1. The Morgan fingerprint density at radius 3 is 2.10 bits per heavy atom. The molecule has 0 unspecified atom stereocenters. The summed E-state index contributed by atoms with van der Waals surface area (Å²) in [7, 11) is 0. The molecular weight excluding hydrogens is 262 g/mol. The molecule has 1 saturated heterocycles. The van der Waals surface area contributed by atoms with Crippen molar-refractivity contribution in [3.05, 3.63) is 0 Å². The van der Waals surface area contributed by atoms with Crippen LogP contribution in [0.2, 0.25) is 0 Å². The van der Waals surface area contributed by atoms with Gasteiger partial charge in [0, 0.05) is 6.04 Å². The fourth-order valence-corrected chi connectivity index (χ4v) is 5.24. The van der Waals surface area contributed by atoms with Gasteiger partial charge in [-0.15, -0.1) is 0 Å². The maximum Gasteiger partial charge on any atom is 0.309 e. The van der Waals surface area contributed by atoms with Crippen LogP contribution < -0.4 is 0 Å². The number of piperidine rings is 1. The molecule has 1 heterocycles. The smallest absolute Gasteiger partial charge is 0.309 e. The molecule has 0 amide bonds. The molecule has 0 aromatic carbocycles. The fourth-order valence-electron chi connectivity index (χ4n) is 5.24. The van der Waals surface area contributed by atoms with Crippen molar-refractivity contribution >= 4 is 5.97 Å². The third-order valence-electron chi connectivity index (χ3n) is 7.08. The van der Waals surface area contributed by atoms with Crippen molar-refractivity contribution < 1.29 is 9.90 Å². The predicted molar refractivity (Wildman–Crippen MR) is 84.3 cm³/mol. The SMILES string of the molecule is CCC1(C(=O)O)CCN(C2CCC3(CCCC3)CC2)CC1. The Labute approximate surface area is 129 Å². The van der Waals surface area contributed by atoms with Crippen LogP contribution in [0.4, 0.5) is 0 Å². The fraction of sp³-hybridized carbons (Fsp3) is 0.944. The summed E-state index contributed by atoms with van der Waals surface area (Å²) in [6.07, 6.45) is 13.9. The number of carboxylic acid groups (broad SMARTS) is 1. The summed E-state index contributed by atoms with van der Waals surface area (Å²) in [5, 5.41) is 9.51. The lowest BCUT2D eigenvalue weighted by molar-refractivity contribution is -0.153. The molecule has 2 saturated carbocycles. The maximum absolute atomic E-state index is 11.5. The average molecular weight is 293 g/mol. The number of hydrogen-bond acceptors (Lipinski definition) is 2. The standard InChI is InChI=1S/C18H31NO2/c1-2-18(16(20)21)11-13-19(14-12-18)15-5-9-17(10-6-15)7-3-4-8-17/h15H,2-14H2,1H3,(H,20,21). The number of hydrogen-bond donors (Lipinski definition) is 1. The lowest BCUT2D eigenvalue weighted by Gasteiger charge is -2.46. The van der Waals surface area contributed by atoms with Crippen LogP contribution in [0.15, 0.2) is 0 Å². The first-order valence-corrected chi connectivity index (χ1v) is 9.07. The minimum Gasteiger partial charge on any atom is -0.481 e. The van der Waals surface area contributed by atoms with Crippen LogP contribution in [0.3, 0.4) is 0 Å². The van der Waals surface area contributed by atoms with Crippen molar-refractivity contribution in [2.24, 2.45) is 10.8 Å². The monoisotopic (exact) mass is 293 g/mol. The van der Waals surface area contributed by atoms with Crippen LogP contribution in [0.25, 0.3) is 0 Å². The molecule has 3 heteroatoms. The Hall–Kier alpha value is -0.570. The van der Waals surface area contributed by atoms with Gasteiger partial charge in [0.1, 0.15) is 0 Å². The van der Waals surface area contributed by atoms with E-state index in [1.807, 2.05) is 6.92 Å². The Morgan fingerprint density at radius 1 is 1.05 bits per heavy atom. The second-order valence-corrected chi connectivity index (χ2v) is 7.91. The van der Waals surface area contributed by atoms with E-state index in [1.54, 1.807) is 0 Å². The van der Waals surface area contributed by atoms with E-state index in [-0.39, 0.29) is 0 Å². The van der Waals surface area contributed by atoms with Gasteiger partial charge in [-0.25, -0.2) is 0 Å². The highest BCUT2D eigenvalue weighted by atomic mass is 16.4. The highest BCUT2D eigenvalue weighted by molar-refractivity contribution is 5.74. The van der Waals surface area contributed by atoms with Crippen molar-refractivity contribution in [3.8, 4) is 0 Å². The van der Waals surface area contributed by atoms with Crippen LogP contribution in [-0.4, -0.2) is 35.1 Å². The summed E-state index contributed by atoms with van der Waals surface area (Å²) in [6.45, 7) is 4.03. The van der Waals surface area contributed by atoms with Gasteiger partial charge < -0.3 is 10.0 Å². The van der Waals surface area contributed by atoms with E-state index in [4.69, 9.17) is 0 Å². The summed E-state index contributed by atoms with van der Waals surface area (Å²) in [6, 6.07) is 0.736. The quantitative estimate of drug-likeness (QED) is 0.853. The zero-order valence-corrected chi connectivity index (χ0v) is 13.6. The molecule has 2 aliphatic carbocycles. The van der Waals surface area contributed by atoms with E-state index in [0.717, 1.165) is 38.4 Å². The van der Waals surface area contributed by atoms with Crippen LogP contribution in [-0.2, 0) is 4.79 Å². The molecular formula is C18H31NO2. The molecule has 3 aliphatic rings. The number of carbonyl (C=O) groups is 1. The van der Waals surface area contributed by atoms with E-state index in [1.165, 1.54) is 51.4 Å². The van der Waals surface area contributed by atoms with Crippen LogP contribution in [0, 0.1) is 10.8 Å². The number of carboxylic acids is 1. The minimum atomic E-state index is -0.571. The van der Waals surface area contributed by atoms with E-state index in [9.17, 15) is 9.90 Å². The first-order valence-electron chi connectivity index (χ1n) is 9.07. The van der Waals surface area contributed by atoms with Gasteiger partial charge >= 0.3 is 5.97 Å². The van der Waals surface area contributed by atoms with Gasteiger partial charge in [0.15, 0.2) is 0 Å². The highest BCUT2D eigenvalue weighted by Gasteiger charge is 2.43. The third kappa shape index (κ3) is 2.86. The molecule has 120 valence electrons. The largest absolute Gasteiger partial charge is 0.481 e. The van der Waals surface area contributed by atoms with Crippen molar-refractivity contribution in [1.29, 1.82) is 0 Å². The van der Waals surface area contributed by atoms with Crippen LogP contribution in [0.1, 0.15) is 77.6 Å². The molecule has 1 N–H and O–H groups in total. The maximum atomic E-state index is 11.5. The van der Waals surface area contributed by atoms with Gasteiger partial charge in [-0.1, -0.05) is 19.8 Å². The third-order valence-corrected chi connectivity index (χ3v) is 7.08. The molecule has 0 aromatic rings. The van der Waals surface area contributed by atoms with Crippen molar-refractivity contribution in [3.63, 3.8) is 0 Å². The highest BCUT2D eigenvalue weighted by Crippen LogP contribution is 2.50. The Balaban J connectivity index is 1.53. The van der Waals surface area contributed by atoms with Crippen molar-refractivity contribution in [2.75, 3.05) is 13.1 Å². The molecule has 1 aliphatic heterocycles. The number of nitrogens with zero attached hydrogens (tertiary/aromatic N) is 1. The molecule has 21 heavy (non-hydrogen) atoms. The van der Waals surface area contributed by atoms with Gasteiger partial charge in [0.05, 0.1) is 5.41 Å². The van der Waals surface area contributed by atoms with Crippen LogP contribution in [0.5, 0.6) is 0 Å². The van der Waals surface area contributed by atoms with E-state index in [2.05, 4.69) is 4.90 Å². The zero-order chi connectivity index (χ0) is 14.9. The average Bonchev–Trinajstić information content (AvgIpc) is 2.96. The van der Waals surface area contributed by atoms with Crippen molar-refractivity contribution in [2.45, 2.75) is 83.6 Å². The molecule has 0 radical (unpaired) electrons. The molecule has 0 aromatic heterocycles. The predicted octanol–water partition coefficient (Wildman–Crippen LogP) is 4.07. The zero-order valence-electron chi connectivity index (χ0n) is 13.6. The van der Waals surface area contributed by atoms with E-state index < -0.39 is 11.4 Å². The van der Waals surface area contributed by atoms with E-state index >= 15 is 0 Å². The first kappa shape index (κ1) is 15.3. The second kappa shape index (κ2) is 5.91. The summed E-state index contributed by atoms with van der Waals surface area (Å²) in [5.74, 6) is -0.571. The van der Waals surface area contributed by atoms with Gasteiger partial charge in [-0.3, -0.25) is 4.79 Å². The summed E-state index contributed by atoms with van der Waals surface area (Å²) in [5.41, 5.74) is 0.276. The lowest BCUT2D eigenvalue weighted by atomic mass is 9.70. The molecule has 3 rings (SSSR count). The van der Waals surface area contributed by atoms with Gasteiger partial charge in [0.25, 0.3) is 0 Å². The number of aliphatic carboxylic acids is 1. The van der Waals surface area contributed by atoms with Gasteiger partial charge in [0.2, 0.25) is 0 Å². The molecule has 3 nitrogen and oxygen atoms in total. The molecule has 3 fully saturated rings. The summed E-state index contributed by atoms with van der Waals surface area (Å²) >= 11 is 0. The molecule has 1 spiro atoms. The topological polar surface area (TPSA) is 40.5 Å². The minimum absolute atomic E-state index is 0.433. The van der Waals surface area contributed by atoms with E-state index in [0.29, 0.717) is 5.41 Å². The summed E-state index contributed by atoms with van der Waals surface area (Å²) in [4.78, 5) is 14.2. The number of rotatable bonds is 3. The van der Waals surface area contributed by atoms with Crippen LogP contribution >= 0.6 is 0 Å². The molecule has 0 atom stereocenters. The Morgan fingerprint density at radius 2 is 1.62 bits per heavy atom. The second-order valence-electron chi connectivity index (χ2n) is 7.91. The Kier molecular flexibility index (Phi) is 4.31. The Bertz CT molecular complexity index is 369.